The number of aryl methyl sites for hydroxylation is 3. The Morgan fingerprint density at radius 2 is 1.70 bits per heavy atom. The monoisotopic (exact) mass is 363 g/mol. The highest BCUT2D eigenvalue weighted by Gasteiger charge is 2.20. The predicted molar refractivity (Wildman–Crippen MR) is 106 cm³/mol. The fourth-order valence-electron chi connectivity index (χ4n) is 3.43. The van der Waals surface area contributed by atoms with Crippen molar-refractivity contribution >= 4 is 23.0 Å². The average molecular weight is 363 g/mol. The predicted octanol–water partition coefficient (Wildman–Crippen LogP) is 2.02. The molecule has 27 heavy (non-hydrogen) atoms. The highest BCUT2D eigenvalue weighted by Crippen LogP contribution is 2.19. The van der Waals surface area contributed by atoms with Crippen molar-refractivity contribution in [1.82, 2.24) is 23.1 Å². The van der Waals surface area contributed by atoms with Crippen molar-refractivity contribution in [3.63, 3.8) is 0 Å². The van der Waals surface area contributed by atoms with Crippen molar-refractivity contribution in [3.8, 4) is 0 Å². The van der Waals surface area contributed by atoms with Gasteiger partial charge in [-0.2, -0.15) is 4.98 Å². The highest BCUT2D eigenvalue weighted by atomic mass is 16.2. The maximum Gasteiger partial charge on any atom is 0.332 e. The van der Waals surface area contributed by atoms with Gasteiger partial charge in [-0.15, -0.1) is 0 Å². The third-order valence-corrected chi connectivity index (χ3v) is 5.18. The van der Waals surface area contributed by atoms with Gasteiger partial charge in [-0.05, 0) is 19.4 Å². The van der Waals surface area contributed by atoms with Crippen LogP contribution in [0.5, 0.6) is 0 Å². The third-order valence-electron chi connectivity index (χ3n) is 5.18. The second-order valence-corrected chi connectivity index (χ2v) is 6.72. The molecule has 0 N–H and O–H groups in total. The summed E-state index contributed by atoms with van der Waals surface area (Å²) >= 11 is 0. The summed E-state index contributed by atoms with van der Waals surface area (Å²) in [5.74, 6) is 0.657. The van der Waals surface area contributed by atoms with Gasteiger partial charge in [0, 0.05) is 32.0 Å². The first-order valence-electron chi connectivity index (χ1n) is 8.77. The van der Waals surface area contributed by atoms with Crippen molar-refractivity contribution < 1.29 is 0 Å². The number of nitrogens with zero attached hydrogens (tertiary/aromatic N) is 5. The van der Waals surface area contributed by atoms with Gasteiger partial charge in [0.15, 0.2) is 11.2 Å². The number of hydrogen-bond acceptors (Lipinski definition) is 3. The first kappa shape index (κ1) is 17.1. The van der Waals surface area contributed by atoms with E-state index >= 15 is 0 Å². The van der Waals surface area contributed by atoms with Crippen LogP contribution in [0, 0.1) is 13.8 Å². The molecule has 0 radical (unpaired) electrons. The minimum atomic E-state index is -0.372. The van der Waals surface area contributed by atoms with Gasteiger partial charge in [-0.25, -0.2) is 4.79 Å². The normalized spacial score (nSPS) is 12.0. The van der Waals surface area contributed by atoms with Gasteiger partial charge < -0.3 is 4.57 Å². The van der Waals surface area contributed by atoms with Crippen molar-refractivity contribution in [2.75, 3.05) is 0 Å². The number of aromatic nitrogens is 5. The fraction of sp³-hybridized carbons (Fsp3) is 0.250. The van der Waals surface area contributed by atoms with Crippen LogP contribution in [0.2, 0.25) is 0 Å². The quantitative estimate of drug-likeness (QED) is 0.559. The van der Waals surface area contributed by atoms with Crippen LogP contribution in [-0.4, -0.2) is 23.1 Å². The highest BCUT2D eigenvalue weighted by molar-refractivity contribution is 5.76. The zero-order valence-corrected chi connectivity index (χ0v) is 15.8. The van der Waals surface area contributed by atoms with Crippen molar-refractivity contribution in [1.29, 1.82) is 0 Å². The van der Waals surface area contributed by atoms with Crippen LogP contribution in [0.3, 0.4) is 0 Å². The molecular weight excluding hydrogens is 342 g/mol. The molecule has 0 atom stereocenters. The van der Waals surface area contributed by atoms with E-state index < -0.39 is 0 Å². The van der Waals surface area contributed by atoms with Gasteiger partial charge in [-0.1, -0.05) is 42.5 Å². The van der Waals surface area contributed by atoms with Gasteiger partial charge in [0.05, 0.1) is 0 Å². The largest absolute Gasteiger partial charge is 0.332 e. The van der Waals surface area contributed by atoms with Crippen molar-refractivity contribution in [3.05, 3.63) is 74.2 Å². The van der Waals surface area contributed by atoms with E-state index in [0.29, 0.717) is 16.9 Å². The molecule has 7 heteroatoms. The Kier molecular flexibility index (Phi) is 3.87. The Morgan fingerprint density at radius 1 is 1.00 bits per heavy atom. The van der Waals surface area contributed by atoms with Crippen LogP contribution in [-0.2, 0) is 20.6 Å². The molecular formula is C20H21N5O2. The Hall–Kier alpha value is -3.35. The molecule has 0 aliphatic heterocycles. The Balaban J connectivity index is 1.92. The molecule has 0 aliphatic carbocycles. The number of imidazole rings is 2. The lowest BCUT2D eigenvalue weighted by Crippen LogP contribution is -2.39. The van der Waals surface area contributed by atoms with E-state index in [4.69, 9.17) is 0 Å². The van der Waals surface area contributed by atoms with Crippen LogP contribution < -0.4 is 11.2 Å². The molecule has 3 heterocycles. The van der Waals surface area contributed by atoms with Gasteiger partial charge in [0.1, 0.15) is 0 Å². The maximum atomic E-state index is 13.1. The molecule has 0 saturated carbocycles. The van der Waals surface area contributed by atoms with E-state index in [1.54, 1.807) is 7.05 Å². The fourth-order valence-corrected chi connectivity index (χ4v) is 3.43. The molecule has 1 aromatic carbocycles. The Labute approximate surface area is 155 Å². The lowest BCUT2D eigenvalue weighted by atomic mass is 10.2. The molecule has 138 valence electrons. The Morgan fingerprint density at radius 3 is 2.41 bits per heavy atom. The molecule has 0 spiro atoms. The van der Waals surface area contributed by atoms with E-state index in [9.17, 15) is 9.59 Å². The first-order valence-corrected chi connectivity index (χ1v) is 8.77. The van der Waals surface area contributed by atoms with E-state index in [-0.39, 0.29) is 17.8 Å². The molecule has 0 saturated heterocycles. The summed E-state index contributed by atoms with van der Waals surface area (Å²) in [6, 6.07) is 9.77. The summed E-state index contributed by atoms with van der Waals surface area (Å²) in [6.45, 7) is 4.14. The summed E-state index contributed by atoms with van der Waals surface area (Å²) in [4.78, 5) is 30.4. The number of hydrogen-bond donors (Lipinski definition) is 0. The molecule has 0 amide bonds. The number of fused-ring (bicyclic) bond motifs is 3. The lowest BCUT2D eigenvalue weighted by molar-refractivity contribution is 0.667. The van der Waals surface area contributed by atoms with Crippen LogP contribution in [0.1, 0.15) is 17.0 Å². The van der Waals surface area contributed by atoms with Crippen LogP contribution in [0.15, 0.2) is 46.0 Å². The van der Waals surface area contributed by atoms with E-state index in [2.05, 4.69) is 4.98 Å². The summed E-state index contributed by atoms with van der Waals surface area (Å²) in [5.41, 5.74) is 3.13. The average Bonchev–Trinajstić information content (AvgIpc) is 3.16. The van der Waals surface area contributed by atoms with Gasteiger partial charge >= 0.3 is 5.69 Å². The van der Waals surface area contributed by atoms with Gasteiger partial charge in [0.2, 0.25) is 5.78 Å². The van der Waals surface area contributed by atoms with Crippen molar-refractivity contribution in [2.45, 2.75) is 20.4 Å². The summed E-state index contributed by atoms with van der Waals surface area (Å²) in [7, 11) is 3.55. The molecule has 4 rings (SSSR count). The molecule has 0 bridgehead atoms. The molecule has 7 nitrogen and oxygen atoms in total. The number of rotatable bonds is 3. The number of allylic oxidation sites excluding steroid dienone is 1. The topological polar surface area (TPSA) is 66.2 Å². The maximum absolute atomic E-state index is 13.1. The van der Waals surface area contributed by atoms with Crippen molar-refractivity contribution in [2.24, 2.45) is 14.1 Å². The summed E-state index contributed by atoms with van der Waals surface area (Å²) < 4.78 is 6.45. The first-order chi connectivity index (χ1) is 12.9. The van der Waals surface area contributed by atoms with Gasteiger partial charge in [0.25, 0.3) is 5.56 Å². The zero-order chi connectivity index (χ0) is 19.3. The number of benzene rings is 1. The van der Waals surface area contributed by atoms with Gasteiger partial charge in [-0.3, -0.25) is 18.3 Å². The molecule has 0 unspecified atom stereocenters. The molecule has 4 aromatic rings. The summed E-state index contributed by atoms with van der Waals surface area (Å²) in [5, 5.41) is 0. The molecule has 3 aromatic heterocycles. The van der Waals surface area contributed by atoms with E-state index in [0.717, 1.165) is 17.0 Å². The van der Waals surface area contributed by atoms with Crippen LogP contribution >= 0.6 is 0 Å². The minimum absolute atomic E-state index is 0.203. The Bertz CT molecular complexity index is 1320. The van der Waals surface area contributed by atoms with E-state index in [1.165, 1.54) is 9.13 Å². The lowest BCUT2D eigenvalue weighted by Gasteiger charge is -2.06. The van der Waals surface area contributed by atoms with Crippen LogP contribution in [0.25, 0.3) is 23.0 Å². The minimum Gasteiger partial charge on any atom is -0.317 e. The molecule has 0 aliphatic rings. The molecule has 0 fully saturated rings. The second-order valence-electron chi connectivity index (χ2n) is 6.72. The summed E-state index contributed by atoms with van der Waals surface area (Å²) in [6.07, 6.45) is 3.73. The van der Waals surface area contributed by atoms with E-state index in [1.807, 2.05) is 72.3 Å². The smallest absolute Gasteiger partial charge is 0.317 e. The standard InChI is InChI=1S/C20H21N5O2/c1-13-14(2)25-16-17(21-19(25)22(13)3)23(4)20(27)24(18(16)26)12-8-11-15-9-6-5-7-10-15/h5-11H,12H2,1-4H3/b11-8+. The SMILES string of the molecule is Cc1c(C)n2c3c(=O)n(C/C=C/c4ccccc4)c(=O)n(C)c3nc2n1C. The zero-order valence-electron chi connectivity index (χ0n) is 15.8. The second kappa shape index (κ2) is 6.12. The van der Waals surface area contributed by atoms with Crippen LogP contribution in [0.4, 0.5) is 0 Å². The third kappa shape index (κ3) is 2.46.